The molecule has 3 N–H and O–H groups in total. The molecule has 0 atom stereocenters. The number of fused-ring (bicyclic) bond motifs is 1. The lowest BCUT2D eigenvalue weighted by Crippen LogP contribution is -2.27. The summed E-state index contributed by atoms with van der Waals surface area (Å²) in [6.07, 6.45) is 2.49. The summed E-state index contributed by atoms with van der Waals surface area (Å²) >= 11 is 0. The van der Waals surface area contributed by atoms with Crippen molar-refractivity contribution in [3.05, 3.63) is 47.9 Å². The summed E-state index contributed by atoms with van der Waals surface area (Å²) < 4.78 is 1.66. The Bertz CT molecular complexity index is 841. The normalized spacial score (nSPS) is 10.9. The van der Waals surface area contributed by atoms with Gasteiger partial charge in [0.2, 0.25) is 0 Å². The van der Waals surface area contributed by atoms with Gasteiger partial charge in [-0.2, -0.15) is 0 Å². The number of pyridine rings is 1. The van der Waals surface area contributed by atoms with Gasteiger partial charge in [0, 0.05) is 18.1 Å². The van der Waals surface area contributed by atoms with Gasteiger partial charge in [-0.1, -0.05) is 11.3 Å². The van der Waals surface area contributed by atoms with Gasteiger partial charge in [-0.05, 0) is 44.2 Å². The third kappa shape index (κ3) is 3.04. The van der Waals surface area contributed by atoms with E-state index in [1.54, 1.807) is 10.9 Å². The Morgan fingerprint density at radius 2 is 2.22 bits per heavy atom. The van der Waals surface area contributed by atoms with Gasteiger partial charge in [0.05, 0.1) is 16.9 Å². The number of nitrogens with zero attached hydrogens (tertiary/aromatic N) is 4. The molecule has 1 amide bonds. The lowest BCUT2D eigenvalue weighted by atomic mass is 10.2. The predicted molar refractivity (Wildman–Crippen MR) is 87.4 cm³/mol. The molecule has 0 saturated carbocycles. The van der Waals surface area contributed by atoms with Crippen molar-refractivity contribution in [3.8, 4) is 5.69 Å². The molecule has 3 rings (SSSR count). The zero-order valence-corrected chi connectivity index (χ0v) is 12.9. The smallest absolute Gasteiger partial charge is 0.273 e. The lowest BCUT2D eigenvalue weighted by Gasteiger charge is -2.06. The number of benzene rings is 1. The largest absolute Gasteiger partial charge is 0.351 e. The third-order valence-corrected chi connectivity index (χ3v) is 3.61. The Hall–Kier alpha value is -2.80. The van der Waals surface area contributed by atoms with E-state index in [2.05, 4.69) is 20.6 Å². The molecule has 0 aliphatic heterocycles. The van der Waals surface area contributed by atoms with Crippen LogP contribution in [-0.2, 0) is 0 Å². The summed E-state index contributed by atoms with van der Waals surface area (Å²) in [5.41, 5.74) is 8.20. The van der Waals surface area contributed by atoms with E-state index in [1.807, 2.05) is 37.3 Å². The van der Waals surface area contributed by atoms with Gasteiger partial charge in [-0.3, -0.25) is 9.78 Å². The molecule has 0 fully saturated rings. The number of hydrogen-bond donors (Lipinski definition) is 2. The van der Waals surface area contributed by atoms with E-state index in [9.17, 15) is 4.79 Å². The standard InChI is InChI=1S/C16H18N6O/c1-11-15(16(23)19-9-3-7-17)20-21-22(11)13-5-6-14-12(10-13)4-2-8-18-14/h2,4-6,8,10H,3,7,9,17H2,1H3,(H,19,23). The van der Waals surface area contributed by atoms with Crippen LogP contribution in [0.25, 0.3) is 16.6 Å². The minimum Gasteiger partial charge on any atom is -0.351 e. The maximum Gasteiger partial charge on any atom is 0.273 e. The molecule has 0 saturated heterocycles. The van der Waals surface area contributed by atoms with Crippen molar-refractivity contribution in [2.75, 3.05) is 13.1 Å². The predicted octanol–water partition coefficient (Wildman–Crippen LogP) is 1.20. The van der Waals surface area contributed by atoms with Crippen LogP contribution in [0, 0.1) is 6.92 Å². The molecule has 0 radical (unpaired) electrons. The Balaban J connectivity index is 1.89. The van der Waals surface area contributed by atoms with Crippen molar-refractivity contribution in [1.29, 1.82) is 0 Å². The first-order chi connectivity index (χ1) is 11.2. The van der Waals surface area contributed by atoms with Gasteiger partial charge in [-0.15, -0.1) is 5.10 Å². The maximum atomic E-state index is 12.1. The fraction of sp³-hybridized carbons (Fsp3) is 0.250. The second-order valence-electron chi connectivity index (χ2n) is 5.21. The van der Waals surface area contributed by atoms with Gasteiger partial charge in [0.1, 0.15) is 0 Å². The second kappa shape index (κ2) is 6.53. The molecule has 0 bridgehead atoms. The molecular formula is C16H18N6O. The third-order valence-electron chi connectivity index (χ3n) is 3.61. The van der Waals surface area contributed by atoms with Crippen LogP contribution in [0.4, 0.5) is 0 Å². The summed E-state index contributed by atoms with van der Waals surface area (Å²) in [7, 11) is 0. The molecule has 7 heteroatoms. The van der Waals surface area contributed by atoms with E-state index in [-0.39, 0.29) is 5.91 Å². The van der Waals surface area contributed by atoms with Crippen LogP contribution in [0.1, 0.15) is 22.6 Å². The minimum absolute atomic E-state index is 0.232. The molecule has 0 aliphatic rings. The lowest BCUT2D eigenvalue weighted by molar-refractivity contribution is 0.0948. The summed E-state index contributed by atoms with van der Waals surface area (Å²) in [6.45, 7) is 2.89. The highest BCUT2D eigenvalue weighted by Crippen LogP contribution is 2.18. The molecule has 0 unspecified atom stereocenters. The van der Waals surface area contributed by atoms with E-state index in [1.165, 1.54) is 0 Å². The first kappa shape index (κ1) is 15.1. The Morgan fingerprint density at radius 3 is 3.04 bits per heavy atom. The number of aromatic nitrogens is 4. The Kier molecular flexibility index (Phi) is 4.29. The molecule has 23 heavy (non-hydrogen) atoms. The van der Waals surface area contributed by atoms with E-state index < -0.39 is 0 Å². The van der Waals surface area contributed by atoms with E-state index in [0.29, 0.717) is 24.5 Å². The molecule has 0 aliphatic carbocycles. The van der Waals surface area contributed by atoms with Crippen LogP contribution in [0.2, 0.25) is 0 Å². The molecule has 1 aromatic carbocycles. The number of nitrogens with one attached hydrogen (secondary N) is 1. The van der Waals surface area contributed by atoms with E-state index in [4.69, 9.17) is 5.73 Å². The summed E-state index contributed by atoms with van der Waals surface area (Å²) in [5.74, 6) is -0.232. The molecular weight excluding hydrogens is 292 g/mol. The van der Waals surface area contributed by atoms with Crippen molar-refractivity contribution in [2.45, 2.75) is 13.3 Å². The van der Waals surface area contributed by atoms with E-state index >= 15 is 0 Å². The van der Waals surface area contributed by atoms with Crippen LogP contribution in [0.3, 0.4) is 0 Å². The highest BCUT2D eigenvalue weighted by molar-refractivity contribution is 5.93. The monoisotopic (exact) mass is 310 g/mol. The van der Waals surface area contributed by atoms with E-state index in [0.717, 1.165) is 23.0 Å². The van der Waals surface area contributed by atoms with Gasteiger partial charge < -0.3 is 11.1 Å². The fourth-order valence-corrected chi connectivity index (χ4v) is 2.37. The zero-order chi connectivity index (χ0) is 16.2. The molecule has 2 aromatic heterocycles. The number of carbonyl (C=O) groups excluding carboxylic acids is 1. The van der Waals surface area contributed by atoms with Gasteiger partial charge in [0.15, 0.2) is 5.69 Å². The van der Waals surface area contributed by atoms with Crippen molar-refractivity contribution in [1.82, 2.24) is 25.3 Å². The van der Waals surface area contributed by atoms with Crippen molar-refractivity contribution in [2.24, 2.45) is 5.73 Å². The van der Waals surface area contributed by atoms with Crippen molar-refractivity contribution in [3.63, 3.8) is 0 Å². The zero-order valence-electron chi connectivity index (χ0n) is 12.9. The summed E-state index contributed by atoms with van der Waals surface area (Å²) in [5, 5.41) is 11.9. The number of nitrogens with two attached hydrogens (primary N) is 1. The maximum absolute atomic E-state index is 12.1. The summed E-state index contributed by atoms with van der Waals surface area (Å²) in [4.78, 5) is 16.4. The van der Waals surface area contributed by atoms with Crippen LogP contribution >= 0.6 is 0 Å². The molecule has 0 spiro atoms. The molecule has 2 heterocycles. The van der Waals surface area contributed by atoms with Crippen LogP contribution in [0.5, 0.6) is 0 Å². The topological polar surface area (TPSA) is 98.7 Å². The second-order valence-corrected chi connectivity index (χ2v) is 5.21. The van der Waals surface area contributed by atoms with Gasteiger partial charge in [-0.25, -0.2) is 4.68 Å². The Morgan fingerprint density at radius 1 is 1.35 bits per heavy atom. The Labute approximate surface area is 133 Å². The molecule has 3 aromatic rings. The average molecular weight is 310 g/mol. The number of rotatable bonds is 5. The number of hydrogen-bond acceptors (Lipinski definition) is 5. The van der Waals surface area contributed by atoms with Crippen molar-refractivity contribution >= 4 is 16.8 Å². The number of carbonyl (C=O) groups is 1. The number of amides is 1. The van der Waals surface area contributed by atoms with Crippen LogP contribution in [0.15, 0.2) is 36.5 Å². The quantitative estimate of drug-likeness (QED) is 0.690. The highest BCUT2D eigenvalue weighted by Gasteiger charge is 2.17. The van der Waals surface area contributed by atoms with Gasteiger partial charge in [0.25, 0.3) is 5.91 Å². The summed E-state index contributed by atoms with van der Waals surface area (Å²) in [6, 6.07) is 9.68. The first-order valence-corrected chi connectivity index (χ1v) is 7.46. The molecule has 7 nitrogen and oxygen atoms in total. The molecule has 118 valence electrons. The van der Waals surface area contributed by atoms with Crippen LogP contribution < -0.4 is 11.1 Å². The SMILES string of the molecule is Cc1c(C(=O)NCCCN)nnn1-c1ccc2ncccc2c1. The minimum atomic E-state index is -0.232. The first-order valence-electron chi connectivity index (χ1n) is 7.46. The average Bonchev–Trinajstić information content (AvgIpc) is 2.96. The van der Waals surface area contributed by atoms with Crippen LogP contribution in [-0.4, -0.2) is 39.0 Å². The van der Waals surface area contributed by atoms with Crippen molar-refractivity contribution < 1.29 is 4.79 Å². The highest BCUT2D eigenvalue weighted by atomic mass is 16.2. The fourth-order valence-electron chi connectivity index (χ4n) is 2.37. The van der Waals surface area contributed by atoms with Gasteiger partial charge >= 0.3 is 0 Å².